The molecule has 1 saturated heterocycles. The van der Waals surface area contributed by atoms with Crippen LogP contribution in [0.5, 0.6) is 0 Å². The van der Waals surface area contributed by atoms with Crippen LogP contribution < -0.4 is 4.90 Å². The van der Waals surface area contributed by atoms with Crippen molar-refractivity contribution in [3.8, 4) is 0 Å². The summed E-state index contributed by atoms with van der Waals surface area (Å²) in [4.78, 5) is 17.8. The number of thiazole rings is 1. The van der Waals surface area contributed by atoms with Crippen LogP contribution in [0.2, 0.25) is 0 Å². The Morgan fingerprint density at radius 1 is 1.25 bits per heavy atom. The quantitative estimate of drug-likeness (QED) is 0.471. The lowest BCUT2D eigenvalue weighted by Crippen LogP contribution is -2.34. The van der Waals surface area contributed by atoms with Crippen LogP contribution in [-0.4, -0.2) is 37.7 Å². The number of nitro groups is 1. The molecule has 146 valence electrons. The van der Waals surface area contributed by atoms with Crippen LogP contribution >= 0.6 is 11.3 Å². The molecule has 9 heteroatoms. The summed E-state index contributed by atoms with van der Waals surface area (Å²) in [5.41, 5.74) is 1.26. The molecule has 0 radical (unpaired) electrons. The Morgan fingerprint density at radius 3 is 2.75 bits per heavy atom. The van der Waals surface area contributed by atoms with Crippen molar-refractivity contribution < 1.29 is 13.3 Å². The lowest BCUT2D eigenvalue weighted by atomic mass is 9.98. The van der Waals surface area contributed by atoms with Gasteiger partial charge in [-0.1, -0.05) is 12.1 Å². The molecule has 28 heavy (non-hydrogen) atoms. The van der Waals surface area contributed by atoms with E-state index >= 15 is 0 Å². The maximum atomic E-state index is 11.8. The van der Waals surface area contributed by atoms with E-state index < -0.39 is 14.8 Å². The van der Waals surface area contributed by atoms with E-state index in [0.29, 0.717) is 18.8 Å². The largest absolute Gasteiger partial charge is 0.365 e. The van der Waals surface area contributed by atoms with E-state index in [1.807, 2.05) is 29.2 Å². The Balaban J connectivity index is 1.66. The fraction of sp³-hybridized carbons (Fsp3) is 0.316. The molecule has 1 atom stereocenters. The lowest BCUT2D eigenvalue weighted by molar-refractivity contribution is -0.384. The number of sulfone groups is 1. The van der Waals surface area contributed by atoms with E-state index in [1.54, 1.807) is 17.4 Å². The third-order valence-corrected chi connectivity index (χ3v) is 7.30. The average molecular weight is 418 g/mol. The van der Waals surface area contributed by atoms with Crippen molar-refractivity contribution in [2.45, 2.75) is 23.7 Å². The predicted molar refractivity (Wildman–Crippen MR) is 110 cm³/mol. The third-order valence-electron chi connectivity index (χ3n) is 4.99. The van der Waals surface area contributed by atoms with Gasteiger partial charge in [-0.05, 0) is 37.1 Å². The topological polar surface area (TPSA) is 93.4 Å². The minimum absolute atomic E-state index is 0.0392. The van der Waals surface area contributed by atoms with Crippen LogP contribution in [0.25, 0.3) is 10.2 Å². The zero-order valence-corrected chi connectivity index (χ0v) is 16.9. The number of hydrogen-bond donors (Lipinski definition) is 0. The normalized spacial score (nSPS) is 17.8. The van der Waals surface area contributed by atoms with Crippen molar-refractivity contribution in [3.63, 3.8) is 0 Å². The van der Waals surface area contributed by atoms with Crippen molar-refractivity contribution in [1.29, 1.82) is 0 Å². The molecule has 2 heterocycles. The third kappa shape index (κ3) is 3.59. The molecule has 1 fully saturated rings. The maximum absolute atomic E-state index is 11.8. The SMILES string of the molecule is CS(=O)(=O)c1ccc(N2CCC[C@@H](c3nc4ccccc4s3)C2)c([N+](=O)[O-])c1. The Kier molecular flexibility index (Phi) is 4.80. The molecule has 0 N–H and O–H groups in total. The highest BCUT2D eigenvalue weighted by molar-refractivity contribution is 7.90. The molecule has 1 aromatic heterocycles. The summed E-state index contributed by atoms with van der Waals surface area (Å²) < 4.78 is 24.7. The number of aromatic nitrogens is 1. The van der Waals surface area contributed by atoms with Gasteiger partial charge in [0.05, 0.1) is 25.0 Å². The van der Waals surface area contributed by atoms with Crippen molar-refractivity contribution in [3.05, 3.63) is 57.6 Å². The molecule has 0 bridgehead atoms. The zero-order valence-electron chi connectivity index (χ0n) is 15.2. The summed E-state index contributed by atoms with van der Waals surface area (Å²) in [6, 6.07) is 12.1. The number of nitrogens with zero attached hydrogens (tertiary/aromatic N) is 3. The first kappa shape index (κ1) is 18.8. The minimum Gasteiger partial charge on any atom is -0.365 e. The Labute approximate surface area is 166 Å². The molecule has 4 rings (SSSR count). The summed E-state index contributed by atoms with van der Waals surface area (Å²) in [7, 11) is -3.51. The second-order valence-electron chi connectivity index (χ2n) is 6.98. The number of piperidine rings is 1. The molecule has 0 unspecified atom stereocenters. The Hall–Kier alpha value is -2.52. The number of fused-ring (bicyclic) bond motifs is 1. The molecule has 0 saturated carbocycles. The van der Waals surface area contributed by atoms with Crippen LogP contribution in [0.4, 0.5) is 11.4 Å². The van der Waals surface area contributed by atoms with Gasteiger partial charge in [0.25, 0.3) is 5.69 Å². The maximum Gasteiger partial charge on any atom is 0.293 e. The molecule has 0 amide bonds. The van der Waals surface area contributed by atoms with E-state index in [4.69, 9.17) is 4.98 Å². The van der Waals surface area contributed by atoms with Gasteiger partial charge >= 0.3 is 0 Å². The number of nitro benzene ring substituents is 1. The number of benzene rings is 2. The fourth-order valence-electron chi connectivity index (χ4n) is 3.61. The first-order chi connectivity index (χ1) is 13.3. The van der Waals surface area contributed by atoms with E-state index in [9.17, 15) is 18.5 Å². The average Bonchev–Trinajstić information content (AvgIpc) is 3.11. The summed E-state index contributed by atoms with van der Waals surface area (Å²) in [5, 5.41) is 12.6. The van der Waals surface area contributed by atoms with Crippen LogP contribution in [-0.2, 0) is 9.84 Å². The van der Waals surface area contributed by atoms with Gasteiger partial charge in [0.1, 0.15) is 5.69 Å². The lowest BCUT2D eigenvalue weighted by Gasteiger charge is -2.33. The van der Waals surface area contributed by atoms with Crippen molar-refractivity contribution in [1.82, 2.24) is 4.98 Å². The highest BCUT2D eigenvalue weighted by Crippen LogP contribution is 2.38. The number of para-hydroxylation sites is 1. The molecular formula is C19H19N3O4S2. The number of anilines is 1. The van der Waals surface area contributed by atoms with Crippen molar-refractivity contribution >= 4 is 42.8 Å². The Bertz CT molecular complexity index is 1120. The Morgan fingerprint density at radius 2 is 2.04 bits per heavy atom. The summed E-state index contributed by atoms with van der Waals surface area (Å²) in [5.74, 6) is 0.195. The second kappa shape index (κ2) is 7.14. The predicted octanol–water partition coefficient (Wildman–Crippen LogP) is 3.99. The van der Waals surface area contributed by atoms with Gasteiger partial charge in [0.2, 0.25) is 0 Å². The number of rotatable bonds is 4. The highest BCUT2D eigenvalue weighted by Gasteiger charge is 2.29. The fourth-order valence-corrected chi connectivity index (χ4v) is 5.34. The minimum atomic E-state index is -3.51. The van der Waals surface area contributed by atoms with Crippen molar-refractivity contribution in [2.75, 3.05) is 24.2 Å². The van der Waals surface area contributed by atoms with Gasteiger partial charge in [-0.25, -0.2) is 13.4 Å². The smallest absolute Gasteiger partial charge is 0.293 e. The van der Waals surface area contributed by atoms with Crippen LogP contribution in [0, 0.1) is 10.1 Å². The van der Waals surface area contributed by atoms with Crippen LogP contribution in [0.3, 0.4) is 0 Å². The highest BCUT2D eigenvalue weighted by atomic mass is 32.2. The van der Waals surface area contributed by atoms with E-state index in [-0.39, 0.29) is 16.5 Å². The zero-order chi connectivity index (χ0) is 19.9. The van der Waals surface area contributed by atoms with E-state index in [1.165, 1.54) is 6.07 Å². The summed E-state index contributed by atoms with van der Waals surface area (Å²) in [6.07, 6.45) is 2.92. The number of hydrogen-bond acceptors (Lipinski definition) is 7. The molecule has 7 nitrogen and oxygen atoms in total. The second-order valence-corrected chi connectivity index (χ2v) is 10.1. The summed E-state index contributed by atoms with van der Waals surface area (Å²) >= 11 is 1.67. The monoisotopic (exact) mass is 417 g/mol. The first-order valence-corrected chi connectivity index (χ1v) is 11.6. The van der Waals surface area contributed by atoms with Gasteiger partial charge in [-0.2, -0.15) is 0 Å². The van der Waals surface area contributed by atoms with Crippen molar-refractivity contribution in [2.24, 2.45) is 0 Å². The van der Waals surface area contributed by atoms with Gasteiger partial charge in [-0.15, -0.1) is 11.3 Å². The van der Waals surface area contributed by atoms with Crippen LogP contribution in [0.1, 0.15) is 23.8 Å². The van der Waals surface area contributed by atoms with Crippen LogP contribution in [0.15, 0.2) is 47.4 Å². The summed E-state index contributed by atoms with van der Waals surface area (Å²) in [6.45, 7) is 1.32. The molecule has 1 aliphatic heterocycles. The van der Waals surface area contributed by atoms with Gasteiger partial charge in [0.15, 0.2) is 9.84 Å². The van der Waals surface area contributed by atoms with E-state index in [2.05, 4.69) is 0 Å². The standard InChI is InChI=1S/C19H19N3O4S2/c1-28(25,26)14-8-9-16(17(11-14)22(23)24)21-10-4-5-13(12-21)19-20-15-6-2-3-7-18(15)27-19/h2-3,6-9,11,13H,4-5,10,12H2,1H3/t13-/m1/s1. The van der Waals surface area contributed by atoms with Gasteiger partial charge in [0, 0.05) is 31.3 Å². The molecule has 0 spiro atoms. The van der Waals surface area contributed by atoms with Gasteiger partial charge < -0.3 is 4.90 Å². The van der Waals surface area contributed by atoms with E-state index in [0.717, 1.165) is 40.4 Å². The molecule has 0 aliphatic carbocycles. The van der Waals surface area contributed by atoms with Gasteiger partial charge in [-0.3, -0.25) is 10.1 Å². The molecular weight excluding hydrogens is 398 g/mol. The molecule has 2 aromatic carbocycles. The molecule has 1 aliphatic rings. The molecule has 3 aromatic rings. The first-order valence-electron chi connectivity index (χ1n) is 8.92.